The Bertz CT molecular complexity index is 677. The van der Waals surface area contributed by atoms with Crippen LogP contribution in [0.4, 0.5) is 5.82 Å². The molecule has 1 aromatic carbocycles. The van der Waals surface area contributed by atoms with Crippen LogP contribution in [-0.4, -0.2) is 40.3 Å². The molecule has 0 saturated carbocycles. The van der Waals surface area contributed by atoms with E-state index in [9.17, 15) is 4.79 Å². The zero-order valence-corrected chi connectivity index (χ0v) is 14.5. The number of carbonyl (C=O) groups is 1. The molecular weight excluding hydrogens is 322 g/mol. The first-order chi connectivity index (χ1) is 11.8. The van der Waals surface area contributed by atoms with Crippen molar-refractivity contribution < 1.29 is 9.53 Å². The highest BCUT2D eigenvalue weighted by molar-refractivity contribution is 7.99. The van der Waals surface area contributed by atoms with Crippen LogP contribution in [0.1, 0.15) is 18.9 Å². The van der Waals surface area contributed by atoms with Gasteiger partial charge in [0, 0.05) is 23.9 Å². The first-order valence-corrected chi connectivity index (χ1v) is 9.24. The van der Waals surface area contributed by atoms with Crippen molar-refractivity contribution in [1.29, 1.82) is 0 Å². The number of anilines is 1. The Morgan fingerprint density at radius 2 is 2.25 bits per heavy atom. The predicted molar refractivity (Wildman–Crippen MR) is 98.4 cm³/mol. The fourth-order valence-electron chi connectivity index (χ4n) is 2.69. The summed E-state index contributed by atoms with van der Waals surface area (Å²) in [7, 11) is 0. The fourth-order valence-corrected chi connectivity index (χ4v) is 3.89. The Hall–Kier alpha value is -2.21. The van der Waals surface area contributed by atoms with Gasteiger partial charge in [-0.2, -0.15) is 16.9 Å². The molecule has 1 aromatic heterocycles. The number of nitrogens with one attached hydrogen (secondary N) is 1. The van der Waals surface area contributed by atoms with Gasteiger partial charge in [-0.05, 0) is 42.9 Å². The third-order valence-electron chi connectivity index (χ3n) is 3.86. The summed E-state index contributed by atoms with van der Waals surface area (Å²) in [5, 5.41) is 6.89. The number of nitrogens with zero attached hydrogens (tertiary/aromatic N) is 2. The Balaban J connectivity index is 1.72. The predicted octanol–water partition coefficient (Wildman–Crippen LogP) is 3.36. The molecule has 1 saturated heterocycles. The van der Waals surface area contributed by atoms with Crippen molar-refractivity contribution in [2.45, 2.75) is 19.4 Å². The monoisotopic (exact) mass is 343 g/mol. The number of aromatic nitrogens is 2. The molecule has 1 N–H and O–H groups in total. The van der Waals surface area contributed by atoms with E-state index in [0.29, 0.717) is 6.61 Å². The van der Waals surface area contributed by atoms with Gasteiger partial charge in [0.2, 0.25) is 0 Å². The minimum Gasteiger partial charge on any atom is -0.494 e. The van der Waals surface area contributed by atoms with E-state index in [1.807, 2.05) is 60.0 Å². The molecule has 126 valence electrons. The van der Waals surface area contributed by atoms with E-state index in [2.05, 4.69) is 10.2 Å². The summed E-state index contributed by atoms with van der Waals surface area (Å²) in [5.74, 6) is 3.61. The van der Waals surface area contributed by atoms with Crippen molar-refractivity contribution >= 4 is 29.6 Å². The van der Waals surface area contributed by atoms with Crippen LogP contribution < -0.4 is 9.64 Å². The van der Waals surface area contributed by atoms with Crippen LogP contribution in [-0.2, 0) is 4.79 Å². The Morgan fingerprint density at radius 1 is 1.42 bits per heavy atom. The number of ether oxygens (including phenoxy) is 1. The maximum Gasteiger partial charge on any atom is 0.252 e. The molecule has 0 radical (unpaired) electrons. The van der Waals surface area contributed by atoms with Crippen LogP contribution in [0.25, 0.3) is 6.08 Å². The molecule has 6 heteroatoms. The molecule has 0 bridgehead atoms. The third kappa shape index (κ3) is 4.00. The maximum atomic E-state index is 12.7. The van der Waals surface area contributed by atoms with Gasteiger partial charge >= 0.3 is 0 Å². The highest BCUT2D eigenvalue weighted by Crippen LogP contribution is 2.26. The van der Waals surface area contributed by atoms with Crippen LogP contribution in [0.2, 0.25) is 0 Å². The molecule has 0 spiro atoms. The lowest BCUT2D eigenvalue weighted by molar-refractivity contribution is -0.114. The lowest BCUT2D eigenvalue weighted by atomic mass is 10.2. The minimum atomic E-state index is -0.0272. The lowest BCUT2D eigenvalue weighted by Crippen LogP contribution is -2.39. The van der Waals surface area contributed by atoms with Crippen molar-refractivity contribution in [3.63, 3.8) is 0 Å². The molecule has 1 atom stereocenters. The highest BCUT2D eigenvalue weighted by atomic mass is 32.2. The van der Waals surface area contributed by atoms with Gasteiger partial charge in [-0.15, -0.1) is 0 Å². The second kappa shape index (κ2) is 8.06. The van der Waals surface area contributed by atoms with Crippen LogP contribution in [0.3, 0.4) is 0 Å². The van der Waals surface area contributed by atoms with E-state index in [-0.39, 0.29) is 11.9 Å². The highest BCUT2D eigenvalue weighted by Gasteiger charge is 2.27. The Labute approximate surface area is 146 Å². The molecule has 5 nitrogen and oxygen atoms in total. The number of aromatic amines is 1. The van der Waals surface area contributed by atoms with Crippen molar-refractivity contribution in [3.8, 4) is 5.75 Å². The molecule has 24 heavy (non-hydrogen) atoms. The van der Waals surface area contributed by atoms with Gasteiger partial charge in [0.15, 0.2) is 0 Å². The largest absolute Gasteiger partial charge is 0.494 e. The van der Waals surface area contributed by atoms with Gasteiger partial charge in [0.05, 0.1) is 12.8 Å². The number of thioether (sulfide) groups is 1. The first-order valence-electron chi connectivity index (χ1n) is 8.09. The SMILES string of the molecule is CCOc1ccc(/C=C/C(=O)N(c2ccn[nH]2)C2CCSC2)cc1. The second-order valence-corrected chi connectivity index (χ2v) is 6.65. The first kappa shape index (κ1) is 16.6. The summed E-state index contributed by atoms with van der Waals surface area (Å²) < 4.78 is 5.43. The van der Waals surface area contributed by atoms with Crippen molar-refractivity contribution in [2.24, 2.45) is 0 Å². The van der Waals surface area contributed by atoms with Gasteiger partial charge in [0.1, 0.15) is 11.6 Å². The molecule has 2 heterocycles. The fraction of sp³-hybridized carbons (Fsp3) is 0.333. The zero-order valence-electron chi connectivity index (χ0n) is 13.6. The summed E-state index contributed by atoms with van der Waals surface area (Å²) >= 11 is 1.88. The molecule has 0 aliphatic carbocycles. The summed E-state index contributed by atoms with van der Waals surface area (Å²) in [6.07, 6.45) is 6.14. The second-order valence-electron chi connectivity index (χ2n) is 5.50. The molecular formula is C18H21N3O2S. The van der Waals surface area contributed by atoms with Crippen molar-refractivity contribution in [1.82, 2.24) is 10.2 Å². The van der Waals surface area contributed by atoms with Crippen molar-refractivity contribution in [2.75, 3.05) is 23.0 Å². The number of rotatable bonds is 6. The average Bonchev–Trinajstić information content (AvgIpc) is 3.29. The molecule has 1 unspecified atom stereocenters. The zero-order chi connectivity index (χ0) is 16.8. The van der Waals surface area contributed by atoms with Crippen LogP contribution >= 0.6 is 11.8 Å². The smallest absolute Gasteiger partial charge is 0.252 e. The number of hydrogen-bond acceptors (Lipinski definition) is 4. The molecule has 2 aromatic rings. The molecule has 1 aliphatic rings. The number of carbonyl (C=O) groups excluding carboxylic acids is 1. The summed E-state index contributed by atoms with van der Waals surface area (Å²) in [4.78, 5) is 14.5. The van der Waals surface area contributed by atoms with Crippen LogP contribution in [0.15, 0.2) is 42.6 Å². The van der Waals surface area contributed by atoms with Gasteiger partial charge < -0.3 is 4.74 Å². The van der Waals surface area contributed by atoms with Crippen LogP contribution in [0.5, 0.6) is 5.75 Å². The number of hydrogen-bond donors (Lipinski definition) is 1. The summed E-state index contributed by atoms with van der Waals surface area (Å²) in [5.41, 5.74) is 0.970. The number of H-pyrrole nitrogens is 1. The maximum absolute atomic E-state index is 12.7. The third-order valence-corrected chi connectivity index (χ3v) is 5.01. The van der Waals surface area contributed by atoms with E-state index in [4.69, 9.17) is 4.74 Å². The molecule has 1 aliphatic heterocycles. The summed E-state index contributed by atoms with van der Waals surface area (Å²) in [6, 6.07) is 9.77. The van der Waals surface area contributed by atoms with E-state index in [0.717, 1.165) is 35.1 Å². The number of amides is 1. The van der Waals surface area contributed by atoms with E-state index < -0.39 is 0 Å². The Morgan fingerprint density at radius 3 is 2.88 bits per heavy atom. The summed E-state index contributed by atoms with van der Waals surface area (Å²) in [6.45, 7) is 2.60. The average molecular weight is 343 g/mol. The van der Waals surface area contributed by atoms with Gasteiger partial charge in [-0.25, -0.2) is 0 Å². The van der Waals surface area contributed by atoms with Gasteiger partial charge in [0.25, 0.3) is 5.91 Å². The van der Waals surface area contributed by atoms with Gasteiger partial charge in [-0.1, -0.05) is 12.1 Å². The molecule has 1 fully saturated rings. The van der Waals surface area contributed by atoms with E-state index in [1.165, 1.54) is 0 Å². The number of benzene rings is 1. The standard InChI is InChI=1S/C18H21N3O2S/c1-2-23-16-6-3-14(4-7-16)5-8-18(22)21(15-10-12-24-13-15)17-9-11-19-20-17/h3-9,11,15H,2,10,12-13H2,1H3,(H,19,20)/b8-5+. The molecule has 1 amide bonds. The lowest BCUT2D eigenvalue weighted by Gasteiger charge is -2.25. The normalized spacial score (nSPS) is 17.3. The van der Waals surface area contributed by atoms with Crippen LogP contribution in [0, 0.1) is 0 Å². The quantitative estimate of drug-likeness (QED) is 0.817. The van der Waals surface area contributed by atoms with Crippen molar-refractivity contribution in [3.05, 3.63) is 48.2 Å². The minimum absolute atomic E-state index is 0.0272. The Kier molecular flexibility index (Phi) is 5.59. The van der Waals surface area contributed by atoms with Gasteiger partial charge in [-0.3, -0.25) is 14.8 Å². The van der Waals surface area contributed by atoms with E-state index >= 15 is 0 Å². The topological polar surface area (TPSA) is 58.2 Å². The molecule has 3 rings (SSSR count). The van der Waals surface area contributed by atoms with E-state index in [1.54, 1.807) is 12.3 Å².